The van der Waals surface area contributed by atoms with E-state index in [9.17, 15) is 9.59 Å². The summed E-state index contributed by atoms with van der Waals surface area (Å²) in [6.45, 7) is 6.08. The van der Waals surface area contributed by atoms with Crippen LogP contribution < -0.4 is 0 Å². The fourth-order valence-corrected chi connectivity index (χ4v) is 4.04. The summed E-state index contributed by atoms with van der Waals surface area (Å²) in [5.41, 5.74) is 1.32. The number of esters is 1. The van der Waals surface area contributed by atoms with Crippen molar-refractivity contribution < 1.29 is 14.3 Å². The lowest BCUT2D eigenvalue weighted by Gasteiger charge is -2.28. The van der Waals surface area contributed by atoms with Gasteiger partial charge in [-0.25, -0.2) is 0 Å². The van der Waals surface area contributed by atoms with Gasteiger partial charge in [-0.2, -0.15) is 0 Å². The van der Waals surface area contributed by atoms with Gasteiger partial charge in [-0.15, -0.1) is 0 Å². The summed E-state index contributed by atoms with van der Waals surface area (Å²) >= 11 is 0. The van der Waals surface area contributed by atoms with Crippen LogP contribution in [-0.4, -0.2) is 17.9 Å². The Labute approximate surface area is 108 Å². The molecule has 1 saturated heterocycles. The molecule has 0 amide bonds. The van der Waals surface area contributed by atoms with Crippen LogP contribution in [-0.2, 0) is 14.3 Å². The first-order valence-corrected chi connectivity index (χ1v) is 6.90. The summed E-state index contributed by atoms with van der Waals surface area (Å²) < 4.78 is 5.61. The molecule has 0 aromatic carbocycles. The van der Waals surface area contributed by atoms with Crippen molar-refractivity contribution in [1.29, 1.82) is 0 Å². The standard InChI is InChI=1S/C15H20O3/c1-7-4-5-10-8(2)15(17)18-14(10)13-9(3)12(16)6-11(7)13/h4,8-11,13-14H,5-6H2,1-3H3. The predicted molar refractivity (Wildman–Crippen MR) is 66.7 cm³/mol. The predicted octanol–water partition coefficient (Wildman–Crippen LogP) is 2.36. The number of Topliss-reactive ketones (excluding diaryl/α,β-unsaturated/α-hetero) is 1. The summed E-state index contributed by atoms with van der Waals surface area (Å²) in [5.74, 6) is 1.01. The van der Waals surface area contributed by atoms with Crippen LogP contribution in [0.4, 0.5) is 0 Å². The third-order valence-corrected chi connectivity index (χ3v) is 5.34. The van der Waals surface area contributed by atoms with Gasteiger partial charge >= 0.3 is 5.97 Å². The van der Waals surface area contributed by atoms with Crippen LogP contribution in [0.1, 0.15) is 33.6 Å². The number of rotatable bonds is 0. The van der Waals surface area contributed by atoms with E-state index in [1.807, 2.05) is 13.8 Å². The van der Waals surface area contributed by atoms with E-state index in [2.05, 4.69) is 13.0 Å². The van der Waals surface area contributed by atoms with Crippen molar-refractivity contribution in [3.05, 3.63) is 11.6 Å². The van der Waals surface area contributed by atoms with Gasteiger partial charge < -0.3 is 4.74 Å². The molecule has 6 unspecified atom stereocenters. The molecular formula is C15H20O3. The molecular weight excluding hydrogens is 228 g/mol. The first-order chi connectivity index (χ1) is 8.50. The number of carbonyl (C=O) groups excluding carboxylic acids is 2. The Bertz CT molecular complexity index is 437. The van der Waals surface area contributed by atoms with E-state index >= 15 is 0 Å². The Morgan fingerprint density at radius 3 is 2.67 bits per heavy atom. The molecule has 3 rings (SSSR count). The summed E-state index contributed by atoms with van der Waals surface area (Å²) in [4.78, 5) is 23.8. The molecule has 6 atom stereocenters. The van der Waals surface area contributed by atoms with Crippen LogP contribution in [0.15, 0.2) is 11.6 Å². The molecule has 1 heterocycles. The number of carbonyl (C=O) groups is 2. The summed E-state index contributed by atoms with van der Waals surface area (Å²) in [6, 6.07) is 0. The van der Waals surface area contributed by atoms with Gasteiger partial charge in [0.2, 0.25) is 0 Å². The maximum Gasteiger partial charge on any atom is 0.309 e. The van der Waals surface area contributed by atoms with E-state index in [0.717, 1.165) is 6.42 Å². The van der Waals surface area contributed by atoms with Crippen LogP contribution >= 0.6 is 0 Å². The molecule has 98 valence electrons. The van der Waals surface area contributed by atoms with Gasteiger partial charge in [0.15, 0.2) is 0 Å². The van der Waals surface area contributed by atoms with Gasteiger partial charge in [-0.05, 0) is 19.3 Å². The zero-order valence-corrected chi connectivity index (χ0v) is 11.2. The third-order valence-electron chi connectivity index (χ3n) is 5.34. The van der Waals surface area contributed by atoms with Crippen molar-refractivity contribution in [3.63, 3.8) is 0 Å². The van der Waals surface area contributed by atoms with Crippen molar-refractivity contribution in [2.45, 2.75) is 39.7 Å². The van der Waals surface area contributed by atoms with Crippen molar-refractivity contribution in [3.8, 4) is 0 Å². The van der Waals surface area contributed by atoms with Crippen LogP contribution in [0, 0.1) is 29.6 Å². The second-order valence-corrected chi connectivity index (χ2v) is 6.18. The lowest BCUT2D eigenvalue weighted by molar-refractivity contribution is -0.147. The first kappa shape index (κ1) is 11.9. The minimum Gasteiger partial charge on any atom is -0.461 e. The van der Waals surface area contributed by atoms with E-state index in [4.69, 9.17) is 4.74 Å². The van der Waals surface area contributed by atoms with Gasteiger partial charge in [0.05, 0.1) is 5.92 Å². The highest BCUT2D eigenvalue weighted by molar-refractivity contribution is 5.84. The van der Waals surface area contributed by atoms with E-state index in [0.29, 0.717) is 18.1 Å². The molecule has 0 spiro atoms. The Morgan fingerprint density at radius 2 is 1.94 bits per heavy atom. The van der Waals surface area contributed by atoms with Crippen molar-refractivity contribution in [2.24, 2.45) is 29.6 Å². The van der Waals surface area contributed by atoms with Crippen molar-refractivity contribution in [2.75, 3.05) is 0 Å². The van der Waals surface area contributed by atoms with E-state index in [-0.39, 0.29) is 35.7 Å². The summed E-state index contributed by atoms with van der Waals surface area (Å²) in [5, 5.41) is 0. The van der Waals surface area contributed by atoms with Gasteiger partial charge in [0.25, 0.3) is 0 Å². The molecule has 1 aliphatic heterocycles. The molecule has 18 heavy (non-hydrogen) atoms. The number of hydrogen-bond acceptors (Lipinski definition) is 3. The van der Waals surface area contributed by atoms with Crippen LogP contribution in [0.3, 0.4) is 0 Å². The molecule has 3 heteroatoms. The van der Waals surface area contributed by atoms with Crippen LogP contribution in [0.5, 0.6) is 0 Å². The summed E-state index contributed by atoms with van der Waals surface area (Å²) in [7, 11) is 0. The summed E-state index contributed by atoms with van der Waals surface area (Å²) in [6.07, 6.45) is 3.72. The molecule has 1 saturated carbocycles. The number of ketones is 1. The van der Waals surface area contributed by atoms with Crippen molar-refractivity contribution in [1.82, 2.24) is 0 Å². The van der Waals surface area contributed by atoms with E-state index < -0.39 is 0 Å². The molecule has 3 nitrogen and oxygen atoms in total. The molecule has 0 aromatic rings. The quantitative estimate of drug-likeness (QED) is 0.488. The average molecular weight is 248 g/mol. The fourth-order valence-electron chi connectivity index (χ4n) is 4.04. The number of allylic oxidation sites excluding steroid dienone is 2. The molecule has 2 aliphatic carbocycles. The van der Waals surface area contributed by atoms with Gasteiger partial charge in [-0.3, -0.25) is 9.59 Å². The molecule has 0 bridgehead atoms. The first-order valence-electron chi connectivity index (χ1n) is 6.90. The number of ether oxygens (including phenoxy) is 1. The van der Waals surface area contributed by atoms with E-state index in [1.165, 1.54) is 5.57 Å². The lowest BCUT2D eigenvalue weighted by Crippen LogP contribution is -2.33. The minimum atomic E-state index is -0.0803. The van der Waals surface area contributed by atoms with Gasteiger partial charge in [0.1, 0.15) is 11.9 Å². The normalized spacial score (nSPS) is 47.2. The zero-order valence-electron chi connectivity index (χ0n) is 11.2. The number of hydrogen-bond donors (Lipinski definition) is 0. The van der Waals surface area contributed by atoms with Crippen molar-refractivity contribution >= 4 is 11.8 Å². The largest absolute Gasteiger partial charge is 0.461 e. The lowest BCUT2D eigenvalue weighted by atomic mass is 9.77. The zero-order chi connectivity index (χ0) is 13.0. The van der Waals surface area contributed by atoms with Crippen LogP contribution in [0.2, 0.25) is 0 Å². The molecule has 3 aliphatic rings. The maximum atomic E-state index is 12.0. The molecule has 0 radical (unpaired) electrons. The monoisotopic (exact) mass is 248 g/mol. The highest BCUT2D eigenvalue weighted by Crippen LogP contribution is 2.50. The SMILES string of the molecule is CC1=CCC2C(C)C(=O)OC2C2C(C)C(=O)CC12. The topological polar surface area (TPSA) is 43.4 Å². The fraction of sp³-hybridized carbons (Fsp3) is 0.733. The third kappa shape index (κ3) is 1.49. The minimum absolute atomic E-state index is 0.0271. The van der Waals surface area contributed by atoms with Gasteiger partial charge in [-0.1, -0.05) is 25.5 Å². The average Bonchev–Trinajstić information content (AvgIpc) is 2.72. The highest BCUT2D eigenvalue weighted by Gasteiger charge is 2.54. The maximum absolute atomic E-state index is 12.0. The second-order valence-electron chi connectivity index (χ2n) is 6.18. The Kier molecular flexibility index (Phi) is 2.61. The smallest absolute Gasteiger partial charge is 0.309 e. The molecule has 0 N–H and O–H groups in total. The van der Waals surface area contributed by atoms with E-state index in [1.54, 1.807) is 0 Å². The Hall–Kier alpha value is -1.12. The Balaban J connectivity index is 2.01. The highest BCUT2D eigenvalue weighted by atomic mass is 16.6. The number of fused-ring (bicyclic) bond motifs is 3. The second kappa shape index (κ2) is 3.94. The Morgan fingerprint density at radius 1 is 1.22 bits per heavy atom. The molecule has 0 aromatic heterocycles. The van der Waals surface area contributed by atoms with Crippen LogP contribution in [0.25, 0.3) is 0 Å². The molecule has 2 fully saturated rings. The van der Waals surface area contributed by atoms with Gasteiger partial charge in [0, 0.05) is 24.2 Å².